The molecule has 0 saturated heterocycles. The Hall–Kier alpha value is -3.55. The Morgan fingerprint density at radius 2 is 1.85 bits per heavy atom. The second-order valence-corrected chi connectivity index (χ2v) is 8.95. The SMILES string of the molecule is COCCN(CCc1csc2nc(-c3ccc(F)cc3)cn12)C(=O)c1ccc2ccccc2c1. The molecule has 0 radical (unpaired) electrons. The standard InChI is InChI=1S/C27H24FN3O2S/c1-33-15-14-30(26(32)22-7-6-19-4-2-3-5-21(19)16-22)13-12-24-18-34-27-29-25(17-31(24)27)20-8-10-23(28)11-9-20/h2-11,16-18H,12-15H2,1H3. The van der Waals surface area contributed by atoms with Gasteiger partial charge in [0, 0.05) is 55.0 Å². The number of fused-ring (bicyclic) bond motifs is 2. The predicted octanol–water partition coefficient (Wildman–Crippen LogP) is 5.69. The van der Waals surface area contributed by atoms with Crippen LogP contribution in [0.4, 0.5) is 4.39 Å². The molecule has 0 N–H and O–H groups in total. The number of carbonyl (C=O) groups excluding carboxylic acids is 1. The van der Waals surface area contributed by atoms with Crippen molar-refractivity contribution in [2.75, 3.05) is 26.8 Å². The van der Waals surface area contributed by atoms with E-state index in [1.807, 2.05) is 53.6 Å². The van der Waals surface area contributed by atoms with E-state index in [0.717, 1.165) is 32.7 Å². The number of imidazole rings is 1. The van der Waals surface area contributed by atoms with Gasteiger partial charge in [-0.3, -0.25) is 9.20 Å². The van der Waals surface area contributed by atoms with Crippen molar-refractivity contribution in [3.05, 3.63) is 95.4 Å². The highest BCUT2D eigenvalue weighted by molar-refractivity contribution is 7.15. The summed E-state index contributed by atoms with van der Waals surface area (Å²) in [5.41, 5.74) is 3.43. The van der Waals surface area contributed by atoms with Gasteiger partial charge in [-0.15, -0.1) is 11.3 Å². The molecule has 5 aromatic rings. The average molecular weight is 474 g/mol. The number of hydrogen-bond acceptors (Lipinski definition) is 4. The summed E-state index contributed by atoms with van der Waals surface area (Å²) in [5.74, 6) is -0.274. The summed E-state index contributed by atoms with van der Waals surface area (Å²) in [7, 11) is 1.64. The zero-order chi connectivity index (χ0) is 23.5. The van der Waals surface area contributed by atoms with Crippen LogP contribution in [-0.2, 0) is 11.2 Å². The van der Waals surface area contributed by atoms with Gasteiger partial charge in [-0.2, -0.15) is 0 Å². The first kappa shape index (κ1) is 22.3. The minimum atomic E-state index is -0.266. The second kappa shape index (κ2) is 9.75. The van der Waals surface area contributed by atoms with Crippen LogP contribution in [0.3, 0.4) is 0 Å². The molecule has 0 bridgehead atoms. The number of ether oxygens (including phenoxy) is 1. The van der Waals surface area contributed by atoms with Gasteiger partial charge in [-0.25, -0.2) is 9.37 Å². The minimum Gasteiger partial charge on any atom is -0.383 e. The first-order valence-electron chi connectivity index (χ1n) is 11.1. The van der Waals surface area contributed by atoms with Crippen LogP contribution in [0.1, 0.15) is 16.1 Å². The van der Waals surface area contributed by atoms with Crippen LogP contribution in [0.25, 0.3) is 27.0 Å². The van der Waals surface area contributed by atoms with Crippen molar-refractivity contribution in [3.8, 4) is 11.3 Å². The highest BCUT2D eigenvalue weighted by Crippen LogP contribution is 2.24. The molecule has 0 atom stereocenters. The largest absolute Gasteiger partial charge is 0.383 e. The maximum absolute atomic E-state index is 13.4. The molecule has 0 saturated carbocycles. The van der Waals surface area contributed by atoms with Gasteiger partial charge in [-0.1, -0.05) is 30.3 Å². The van der Waals surface area contributed by atoms with E-state index in [2.05, 4.69) is 14.8 Å². The first-order valence-corrected chi connectivity index (χ1v) is 12.0. The molecule has 2 heterocycles. The van der Waals surface area contributed by atoms with Crippen LogP contribution >= 0.6 is 11.3 Å². The first-order chi connectivity index (χ1) is 16.6. The topological polar surface area (TPSA) is 46.8 Å². The molecule has 0 aliphatic carbocycles. The molecule has 3 aromatic carbocycles. The second-order valence-electron chi connectivity index (χ2n) is 8.11. The molecule has 0 aliphatic rings. The number of nitrogens with zero attached hydrogens (tertiary/aromatic N) is 3. The monoisotopic (exact) mass is 473 g/mol. The zero-order valence-corrected chi connectivity index (χ0v) is 19.6. The summed E-state index contributed by atoms with van der Waals surface area (Å²) in [6.45, 7) is 1.54. The van der Waals surface area contributed by atoms with Crippen molar-refractivity contribution in [1.29, 1.82) is 0 Å². The number of rotatable bonds is 8. The predicted molar refractivity (Wildman–Crippen MR) is 134 cm³/mol. The lowest BCUT2D eigenvalue weighted by molar-refractivity contribution is 0.0697. The Kier molecular flexibility index (Phi) is 6.38. The summed E-state index contributed by atoms with van der Waals surface area (Å²) in [5, 5.41) is 4.23. The molecule has 5 nitrogen and oxygen atoms in total. The summed E-state index contributed by atoms with van der Waals surface area (Å²) in [4.78, 5) is 20.8. The lowest BCUT2D eigenvalue weighted by atomic mass is 10.1. The van der Waals surface area contributed by atoms with Crippen molar-refractivity contribution in [1.82, 2.24) is 14.3 Å². The van der Waals surface area contributed by atoms with Crippen LogP contribution in [-0.4, -0.2) is 47.0 Å². The van der Waals surface area contributed by atoms with E-state index < -0.39 is 0 Å². The molecule has 1 amide bonds. The number of hydrogen-bond donors (Lipinski definition) is 0. The van der Waals surface area contributed by atoms with Crippen LogP contribution in [0, 0.1) is 5.82 Å². The number of aromatic nitrogens is 2. The molecule has 0 aliphatic heterocycles. The molecular weight excluding hydrogens is 449 g/mol. The molecular formula is C27H24FN3O2S. The van der Waals surface area contributed by atoms with Gasteiger partial charge in [-0.05, 0) is 47.2 Å². The van der Waals surface area contributed by atoms with Gasteiger partial charge in [0.2, 0.25) is 0 Å². The minimum absolute atomic E-state index is 0.00749. The maximum Gasteiger partial charge on any atom is 0.253 e. The number of amides is 1. The van der Waals surface area contributed by atoms with Crippen molar-refractivity contribution < 1.29 is 13.9 Å². The maximum atomic E-state index is 13.4. The van der Waals surface area contributed by atoms with E-state index in [1.54, 1.807) is 30.6 Å². The quantitative estimate of drug-likeness (QED) is 0.291. The Morgan fingerprint density at radius 3 is 2.65 bits per heavy atom. The fourth-order valence-corrected chi connectivity index (χ4v) is 4.95. The van der Waals surface area contributed by atoms with Crippen LogP contribution in [0.15, 0.2) is 78.3 Å². The van der Waals surface area contributed by atoms with E-state index in [1.165, 1.54) is 12.1 Å². The van der Waals surface area contributed by atoms with Gasteiger partial charge >= 0.3 is 0 Å². The van der Waals surface area contributed by atoms with Crippen molar-refractivity contribution in [2.45, 2.75) is 6.42 Å². The van der Waals surface area contributed by atoms with E-state index in [4.69, 9.17) is 4.74 Å². The van der Waals surface area contributed by atoms with E-state index >= 15 is 0 Å². The number of halogens is 1. The summed E-state index contributed by atoms with van der Waals surface area (Å²) < 4.78 is 20.6. The molecule has 7 heteroatoms. The van der Waals surface area contributed by atoms with E-state index in [-0.39, 0.29) is 11.7 Å². The molecule has 0 spiro atoms. The van der Waals surface area contributed by atoms with Gasteiger partial charge in [0.25, 0.3) is 5.91 Å². The third-order valence-corrected chi connectivity index (χ3v) is 6.80. The van der Waals surface area contributed by atoms with Crippen LogP contribution < -0.4 is 0 Å². The molecule has 2 aromatic heterocycles. The number of thiazole rings is 1. The fourth-order valence-electron chi connectivity index (χ4n) is 4.04. The third kappa shape index (κ3) is 4.58. The molecule has 5 rings (SSSR count). The highest BCUT2D eigenvalue weighted by atomic mass is 32.1. The summed E-state index contributed by atoms with van der Waals surface area (Å²) in [6.07, 6.45) is 2.65. The zero-order valence-electron chi connectivity index (χ0n) is 18.8. The smallest absolute Gasteiger partial charge is 0.253 e. The van der Waals surface area contributed by atoms with Gasteiger partial charge in [0.1, 0.15) is 5.82 Å². The van der Waals surface area contributed by atoms with Crippen molar-refractivity contribution in [3.63, 3.8) is 0 Å². The van der Waals surface area contributed by atoms with Gasteiger partial charge in [0.05, 0.1) is 12.3 Å². The Balaban J connectivity index is 1.36. The molecule has 34 heavy (non-hydrogen) atoms. The van der Waals surface area contributed by atoms with E-state index in [0.29, 0.717) is 31.7 Å². The Morgan fingerprint density at radius 1 is 1.06 bits per heavy atom. The fraction of sp³-hybridized carbons (Fsp3) is 0.185. The number of methoxy groups -OCH3 is 1. The van der Waals surface area contributed by atoms with Gasteiger partial charge in [0.15, 0.2) is 4.96 Å². The molecule has 172 valence electrons. The van der Waals surface area contributed by atoms with Crippen LogP contribution in [0.2, 0.25) is 0 Å². The lowest BCUT2D eigenvalue weighted by Crippen LogP contribution is -2.35. The Bertz CT molecular complexity index is 1440. The lowest BCUT2D eigenvalue weighted by Gasteiger charge is -2.22. The van der Waals surface area contributed by atoms with Gasteiger partial charge < -0.3 is 9.64 Å². The summed E-state index contributed by atoms with van der Waals surface area (Å²) >= 11 is 1.56. The molecule has 0 fully saturated rings. The Labute approximate surface area is 201 Å². The van der Waals surface area contributed by atoms with Crippen LogP contribution in [0.5, 0.6) is 0 Å². The normalized spacial score (nSPS) is 11.4. The molecule has 0 unspecified atom stereocenters. The van der Waals surface area contributed by atoms with Crippen molar-refractivity contribution in [2.24, 2.45) is 0 Å². The number of benzene rings is 3. The van der Waals surface area contributed by atoms with E-state index in [9.17, 15) is 9.18 Å². The highest BCUT2D eigenvalue weighted by Gasteiger charge is 2.18. The van der Waals surface area contributed by atoms with Crippen molar-refractivity contribution >= 4 is 33.0 Å². The average Bonchev–Trinajstić information content (AvgIpc) is 3.45. The summed E-state index contributed by atoms with van der Waals surface area (Å²) in [6, 6.07) is 20.2. The third-order valence-electron chi connectivity index (χ3n) is 5.91. The number of carbonyl (C=O) groups is 1.